The average Bonchev–Trinajstić information content (AvgIpc) is 1.67. The van der Waals surface area contributed by atoms with E-state index in [2.05, 4.69) is 6.58 Å². The van der Waals surface area contributed by atoms with Crippen molar-refractivity contribution in [2.45, 2.75) is 17.7 Å². The van der Waals surface area contributed by atoms with E-state index in [0.717, 1.165) is 0 Å². The van der Waals surface area contributed by atoms with Crippen molar-refractivity contribution in [3.8, 4) is 0 Å². The van der Waals surface area contributed by atoms with E-state index in [0.29, 0.717) is 0 Å². The fraction of sp³-hybridized carbons (Fsp3) is 0.600. The third-order valence-electron chi connectivity index (χ3n) is 0.629. The van der Waals surface area contributed by atoms with Crippen molar-refractivity contribution in [3.63, 3.8) is 0 Å². The Bertz CT molecular complexity index is 74.8. The minimum atomic E-state index is -0.519. The molecule has 0 spiro atoms. The second kappa shape index (κ2) is 4.24. The molecule has 48 valence electrons. The van der Waals surface area contributed by atoms with Gasteiger partial charge in [0.2, 0.25) is 0 Å². The van der Waals surface area contributed by atoms with Crippen molar-refractivity contribution in [2.24, 2.45) is 0 Å². The SMILES string of the molecule is C=CSC(O)C(C)Cl. The lowest BCUT2D eigenvalue weighted by molar-refractivity contribution is 0.263. The summed E-state index contributed by atoms with van der Waals surface area (Å²) in [5.74, 6) is 0. The first-order valence-electron chi connectivity index (χ1n) is 2.27. The van der Waals surface area contributed by atoms with Gasteiger partial charge in [0.1, 0.15) is 5.44 Å². The normalized spacial score (nSPS) is 17.4. The van der Waals surface area contributed by atoms with Gasteiger partial charge in [0.25, 0.3) is 0 Å². The smallest absolute Gasteiger partial charge is 0.119 e. The summed E-state index contributed by atoms with van der Waals surface area (Å²) >= 11 is 6.72. The van der Waals surface area contributed by atoms with Crippen LogP contribution in [0.1, 0.15) is 6.92 Å². The maximum atomic E-state index is 8.89. The third kappa shape index (κ3) is 3.36. The molecule has 0 rings (SSSR count). The Kier molecular flexibility index (Phi) is 4.42. The van der Waals surface area contributed by atoms with E-state index in [1.165, 1.54) is 11.8 Å². The highest BCUT2D eigenvalue weighted by atomic mass is 35.5. The molecule has 1 N–H and O–H groups in total. The molecular weight excluding hydrogens is 144 g/mol. The summed E-state index contributed by atoms with van der Waals surface area (Å²) < 4.78 is 0. The van der Waals surface area contributed by atoms with Gasteiger partial charge >= 0.3 is 0 Å². The van der Waals surface area contributed by atoms with Crippen LogP contribution >= 0.6 is 23.4 Å². The van der Waals surface area contributed by atoms with Crippen molar-refractivity contribution in [3.05, 3.63) is 12.0 Å². The molecule has 2 unspecified atom stereocenters. The van der Waals surface area contributed by atoms with Crippen LogP contribution in [0.5, 0.6) is 0 Å². The maximum absolute atomic E-state index is 8.89. The number of alkyl halides is 1. The molecule has 0 amide bonds. The molecule has 8 heavy (non-hydrogen) atoms. The third-order valence-corrected chi connectivity index (χ3v) is 1.90. The van der Waals surface area contributed by atoms with Gasteiger partial charge in [-0.05, 0) is 12.3 Å². The van der Waals surface area contributed by atoms with Gasteiger partial charge < -0.3 is 5.11 Å². The highest BCUT2D eigenvalue weighted by Gasteiger charge is 2.07. The summed E-state index contributed by atoms with van der Waals surface area (Å²) in [5.41, 5.74) is -0.519. The van der Waals surface area contributed by atoms with Crippen LogP contribution in [0.2, 0.25) is 0 Å². The number of hydrogen-bond acceptors (Lipinski definition) is 2. The summed E-state index contributed by atoms with van der Waals surface area (Å²) in [5, 5.41) is 10.2. The predicted molar refractivity (Wildman–Crippen MR) is 39.1 cm³/mol. The van der Waals surface area contributed by atoms with Crippen LogP contribution in [0, 0.1) is 0 Å². The molecule has 0 aromatic rings. The molecule has 0 aromatic heterocycles. The van der Waals surface area contributed by atoms with Crippen LogP contribution in [-0.2, 0) is 0 Å². The van der Waals surface area contributed by atoms with Crippen LogP contribution in [-0.4, -0.2) is 15.9 Å². The van der Waals surface area contributed by atoms with E-state index in [1.54, 1.807) is 12.3 Å². The summed E-state index contributed by atoms with van der Waals surface area (Å²) in [6.45, 7) is 5.17. The number of thioether (sulfide) groups is 1. The molecule has 3 heteroatoms. The topological polar surface area (TPSA) is 20.2 Å². The summed E-state index contributed by atoms with van der Waals surface area (Å²) in [6.07, 6.45) is 0. The van der Waals surface area contributed by atoms with Gasteiger partial charge in [-0.25, -0.2) is 0 Å². The lowest BCUT2D eigenvalue weighted by Crippen LogP contribution is -2.11. The van der Waals surface area contributed by atoms with Crippen LogP contribution < -0.4 is 0 Å². The molecular formula is C5H9ClOS. The van der Waals surface area contributed by atoms with E-state index in [1.807, 2.05) is 0 Å². The minimum absolute atomic E-state index is 0.210. The summed E-state index contributed by atoms with van der Waals surface area (Å²) in [4.78, 5) is 0. The number of rotatable bonds is 3. The molecule has 0 saturated carbocycles. The Labute approximate surface area is 58.7 Å². The first-order chi connectivity index (χ1) is 3.68. The van der Waals surface area contributed by atoms with E-state index in [4.69, 9.17) is 16.7 Å². The van der Waals surface area contributed by atoms with Gasteiger partial charge in [-0.3, -0.25) is 0 Å². The van der Waals surface area contributed by atoms with Gasteiger partial charge in [0.15, 0.2) is 0 Å². The van der Waals surface area contributed by atoms with Crippen LogP contribution in [0.25, 0.3) is 0 Å². The Morgan fingerprint density at radius 1 is 1.88 bits per heavy atom. The van der Waals surface area contributed by atoms with E-state index in [-0.39, 0.29) is 5.38 Å². The summed E-state index contributed by atoms with van der Waals surface area (Å²) in [6, 6.07) is 0. The fourth-order valence-corrected chi connectivity index (χ4v) is 0.799. The van der Waals surface area contributed by atoms with Gasteiger partial charge in [-0.15, -0.1) is 23.4 Å². The lowest BCUT2D eigenvalue weighted by atomic mass is 10.5. The molecule has 0 aliphatic rings. The van der Waals surface area contributed by atoms with Crippen molar-refractivity contribution in [1.29, 1.82) is 0 Å². The average molecular weight is 153 g/mol. The van der Waals surface area contributed by atoms with Crippen molar-refractivity contribution in [1.82, 2.24) is 0 Å². The second-order valence-corrected chi connectivity index (χ2v) is 3.15. The lowest BCUT2D eigenvalue weighted by Gasteiger charge is -2.07. The number of halogens is 1. The first kappa shape index (κ1) is 8.34. The second-order valence-electron chi connectivity index (χ2n) is 1.37. The van der Waals surface area contributed by atoms with Gasteiger partial charge in [-0.2, -0.15) is 0 Å². The van der Waals surface area contributed by atoms with Crippen molar-refractivity contribution < 1.29 is 5.11 Å². The standard InChI is InChI=1S/C5H9ClOS/c1-3-8-5(7)4(2)6/h3-5,7H,1H2,2H3. The van der Waals surface area contributed by atoms with Gasteiger partial charge in [0, 0.05) is 0 Å². The first-order valence-corrected chi connectivity index (χ1v) is 3.65. The largest absolute Gasteiger partial charge is 0.381 e. The van der Waals surface area contributed by atoms with Crippen molar-refractivity contribution >= 4 is 23.4 Å². The molecule has 0 saturated heterocycles. The Hall–Kier alpha value is 0.340. The van der Waals surface area contributed by atoms with Crippen LogP contribution in [0.15, 0.2) is 12.0 Å². The van der Waals surface area contributed by atoms with E-state index in [9.17, 15) is 0 Å². The Balaban J connectivity index is 3.30. The van der Waals surface area contributed by atoms with E-state index < -0.39 is 5.44 Å². The molecule has 0 aliphatic heterocycles. The monoisotopic (exact) mass is 152 g/mol. The molecule has 1 nitrogen and oxygen atoms in total. The maximum Gasteiger partial charge on any atom is 0.119 e. The summed E-state index contributed by atoms with van der Waals surface area (Å²) in [7, 11) is 0. The quantitative estimate of drug-likeness (QED) is 0.492. The molecule has 0 radical (unpaired) electrons. The van der Waals surface area contributed by atoms with Gasteiger partial charge in [-0.1, -0.05) is 6.58 Å². The zero-order valence-corrected chi connectivity index (χ0v) is 6.25. The Morgan fingerprint density at radius 3 is 2.50 bits per heavy atom. The molecule has 0 heterocycles. The predicted octanol–water partition coefficient (Wildman–Crippen LogP) is 1.81. The van der Waals surface area contributed by atoms with Gasteiger partial charge in [0.05, 0.1) is 5.38 Å². The highest BCUT2D eigenvalue weighted by molar-refractivity contribution is 8.02. The number of aliphatic hydroxyl groups excluding tert-OH is 1. The number of hydrogen-bond donors (Lipinski definition) is 1. The fourth-order valence-electron chi connectivity index (χ4n) is 0.207. The Morgan fingerprint density at radius 2 is 2.38 bits per heavy atom. The molecule has 0 bridgehead atoms. The minimum Gasteiger partial charge on any atom is -0.381 e. The van der Waals surface area contributed by atoms with Crippen LogP contribution in [0.3, 0.4) is 0 Å². The molecule has 0 aromatic carbocycles. The zero-order chi connectivity index (χ0) is 6.57. The molecule has 2 atom stereocenters. The zero-order valence-electron chi connectivity index (χ0n) is 4.67. The molecule has 0 fully saturated rings. The van der Waals surface area contributed by atoms with Crippen LogP contribution in [0.4, 0.5) is 0 Å². The van der Waals surface area contributed by atoms with E-state index >= 15 is 0 Å². The molecule has 0 aliphatic carbocycles. The van der Waals surface area contributed by atoms with Crippen molar-refractivity contribution in [2.75, 3.05) is 0 Å². The number of aliphatic hydroxyl groups is 1. The highest BCUT2D eigenvalue weighted by Crippen LogP contribution is 2.15.